The molecule has 0 aliphatic rings. The van der Waals surface area contributed by atoms with Crippen LogP contribution in [0.4, 0.5) is 0 Å². The zero-order valence-corrected chi connectivity index (χ0v) is 31.7. The summed E-state index contributed by atoms with van der Waals surface area (Å²) in [5.41, 5.74) is 14.5. The predicted molar refractivity (Wildman–Crippen MR) is 244 cm³/mol. The van der Waals surface area contributed by atoms with Crippen LogP contribution in [0.3, 0.4) is 0 Å². The van der Waals surface area contributed by atoms with Gasteiger partial charge in [-0.2, -0.15) is 0 Å². The Morgan fingerprint density at radius 3 is 1.68 bits per heavy atom. The van der Waals surface area contributed by atoms with E-state index in [2.05, 4.69) is 215 Å². The molecule has 0 radical (unpaired) electrons. The Morgan fingerprint density at radius 2 is 0.912 bits per heavy atom. The molecule has 266 valence electrons. The lowest BCUT2D eigenvalue weighted by atomic mass is 9.93. The van der Waals surface area contributed by atoms with Gasteiger partial charge in [0.2, 0.25) is 0 Å². The van der Waals surface area contributed by atoms with Gasteiger partial charge in [-0.05, 0) is 100 Å². The highest BCUT2D eigenvalue weighted by Crippen LogP contribution is 2.45. The highest BCUT2D eigenvalue weighted by Gasteiger charge is 2.21. The summed E-state index contributed by atoms with van der Waals surface area (Å²) in [6.07, 6.45) is 0. The fourth-order valence-corrected chi connectivity index (χ4v) is 10.4. The summed E-state index contributed by atoms with van der Waals surface area (Å²) in [6.45, 7) is 0. The van der Waals surface area contributed by atoms with Crippen LogP contribution in [-0.4, -0.2) is 9.13 Å². The molecule has 0 aliphatic carbocycles. The van der Waals surface area contributed by atoms with Gasteiger partial charge in [-0.15, -0.1) is 11.3 Å². The third-order valence-electron chi connectivity index (χ3n) is 11.7. The zero-order chi connectivity index (χ0) is 37.5. The van der Waals surface area contributed by atoms with Crippen LogP contribution in [0.25, 0.3) is 109 Å². The third-order valence-corrected chi connectivity index (χ3v) is 12.9. The Morgan fingerprint density at radius 1 is 0.316 bits per heavy atom. The lowest BCUT2D eigenvalue weighted by molar-refractivity contribution is 1.18. The maximum Gasteiger partial charge on any atom is 0.0640 e. The molecule has 0 bridgehead atoms. The van der Waals surface area contributed by atoms with Crippen LogP contribution in [0.15, 0.2) is 206 Å². The maximum atomic E-state index is 2.47. The van der Waals surface area contributed by atoms with Gasteiger partial charge in [-0.3, -0.25) is 0 Å². The number of benzene rings is 9. The molecule has 0 saturated heterocycles. The standard InChI is InChI=1S/C54H34N2S/c1-4-15-35(16-5-1)39-33-44(36-17-6-2-7-18-36)53-46-32-38(28-30-49(46)55(51(53)34-39)40-19-8-3-9-20-40)37-27-29-48-45(31-37)41-21-10-12-24-47(41)56(48)50-25-14-23-43-42-22-11-13-26-52(42)57-54(43)50/h1-34H. The Labute approximate surface area is 333 Å². The fraction of sp³-hybridized carbons (Fsp3) is 0. The molecule has 12 rings (SSSR count). The quantitative estimate of drug-likeness (QED) is 0.166. The van der Waals surface area contributed by atoms with E-state index in [1.54, 1.807) is 0 Å². The van der Waals surface area contributed by atoms with Gasteiger partial charge in [-0.25, -0.2) is 0 Å². The number of hydrogen-bond donors (Lipinski definition) is 0. The molecule has 3 heterocycles. The first-order valence-corrected chi connectivity index (χ1v) is 20.3. The Hall–Kier alpha value is -7.20. The van der Waals surface area contributed by atoms with Crippen LogP contribution in [0.2, 0.25) is 0 Å². The molecule has 9 aromatic carbocycles. The number of thiophene rings is 1. The monoisotopic (exact) mass is 742 g/mol. The van der Waals surface area contributed by atoms with Crippen molar-refractivity contribution in [3.05, 3.63) is 206 Å². The van der Waals surface area contributed by atoms with Crippen molar-refractivity contribution in [1.29, 1.82) is 0 Å². The Balaban J connectivity index is 1.11. The van der Waals surface area contributed by atoms with E-state index in [9.17, 15) is 0 Å². The first kappa shape index (κ1) is 32.1. The summed E-state index contributed by atoms with van der Waals surface area (Å²) in [7, 11) is 0. The highest BCUT2D eigenvalue weighted by molar-refractivity contribution is 7.26. The van der Waals surface area contributed by atoms with Crippen molar-refractivity contribution in [2.75, 3.05) is 0 Å². The molecule has 3 aromatic heterocycles. The summed E-state index contributed by atoms with van der Waals surface area (Å²) >= 11 is 1.88. The number of fused-ring (bicyclic) bond motifs is 9. The molecule has 0 atom stereocenters. The molecule has 0 fully saturated rings. The van der Waals surface area contributed by atoms with Crippen LogP contribution in [-0.2, 0) is 0 Å². The predicted octanol–water partition coefficient (Wildman–Crippen LogP) is 15.2. The van der Waals surface area contributed by atoms with Crippen molar-refractivity contribution in [3.63, 3.8) is 0 Å². The molecule has 0 unspecified atom stereocenters. The molecule has 0 spiro atoms. The molecule has 0 N–H and O–H groups in total. The van der Waals surface area contributed by atoms with Crippen LogP contribution >= 0.6 is 11.3 Å². The van der Waals surface area contributed by atoms with E-state index < -0.39 is 0 Å². The van der Waals surface area contributed by atoms with E-state index in [1.165, 1.54) is 103 Å². The molecular weight excluding hydrogens is 709 g/mol. The second-order valence-corrected chi connectivity index (χ2v) is 15.9. The second kappa shape index (κ2) is 12.7. The summed E-state index contributed by atoms with van der Waals surface area (Å²) in [5.74, 6) is 0. The largest absolute Gasteiger partial charge is 0.309 e. The topological polar surface area (TPSA) is 9.86 Å². The number of nitrogens with zero attached hydrogens (tertiary/aromatic N) is 2. The van der Waals surface area contributed by atoms with Gasteiger partial charge < -0.3 is 9.13 Å². The summed E-state index contributed by atoms with van der Waals surface area (Å²) in [4.78, 5) is 0. The Kier molecular flexibility index (Phi) is 7.13. The van der Waals surface area contributed by atoms with E-state index in [-0.39, 0.29) is 0 Å². The smallest absolute Gasteiger partial charge is 0.0640 e. The lowest BCUT2D eigenvalue weighted by Crippen LogP contribution is -1.94. The minimum atomic E-state index is 1.15. The van der Waals surface area contributed by atoms with Gasteiger partial charge in [-0.1, -0.05) is 140 Å². The van der Waals surface area contributed by atoms with Crippen LogP contribution in [0.1, 0.15) is 0 Å². The van der Waals surface area contributed by atoms with Gasteiger partial charge in [0, 0.05) is 42.7 Å². The van der Waals surface area contributed by atoms with Crippen LogP contribution < -0.4 is 0 Å². The third kappa shape index (κ3) is 4.96. The first-order chi connectivity index (χ1) is 28.3. The Bertz CT molecular complexity index is 3500. The highest BCUT2D eigenvalue weighted by atomic mass is 32.1. The molecule has 12 aromatic rings. The van der Waals surface area contributed by atoms with E-state index in [1.807, 2.05) is 11.3 Å². The van der Waals surface area contributed by atoms with Crippen molar-refractivity contribution in [1.82, 2.24) is 9.13 Å². The van der Waals surface area contributed by atoms with Gasteiger partial charge in [0.25, 0.3) is 0 Å². The SMILES string of the molecule is c1ccc(-c2cc(-c3ccccc3)c3c4cc(-c5ccc6c(c5)c5ccccc5n6-c5cccc6c5sc5ccccc56)ccc4n(-c4ccccc4)c3c2)cc1. The van der Waals surface area contributed by atoms with Crippen molar-refractivity contribution >= 4 is 75.1 Å². The van der Waals surface area contributed by atoms with E-state index in [4.69, 9.17) is 0 Å². The number of hydrogen-bond acceptors (Lipinski definition) is 1. The van der Waals surface area contributed by atoms with Crippen LogP contribution in [0.5, 0.6) is 0 Å². The van der Waals surface area contributed by atoms with E-state index in [0.717, 1.165) is 5.69 Å². The average molecular weight is 743 g/mol. The minimum Gasteiger partial charge on any atom is -0.309 e. The normalized spacial score (nSPS) is 11.9. The number of rotatable bonds is 5. The second-order valence-electron chi connectivity index (χ2n) is 14.9. The average Bonchev–Trinajstić information content (AvgIpc) is 3.94. The maximum absolute atomic E-state index is 2.47. The van der Waals surface area contributed by atoms with Gasteiger partial charge >= 0.3 is 0 Å². The molecule has 3 heteroatoms. The van der Waals surface area contributed by atoms with Gasteiger partial charge in [0.05, 0.1) is 32.5 Å². The zero-order valence-electron chi connectivity index (χ0n) is 30.9. The summed E-state index contributed by atoms with van der Waals surface area (Å²) < 4.78 is 7.55. The molecule has 0 aliphatic heterocycles. The van der Waals surface area contributed by atoms with Crippen LogP contribution in [0, 0.1) is 0 Å². The summed E-state index contributed by atoms with van der Waals surface area (Å²) in [6, 6.07) is 75.6. The van der Waals surface area contributed by atoms with Crippen molar-refractivity contribution < 1.29 is 0 Å². The molecular formula is C54H34N2S. The van der Waals surface area contributed by atoms with Gasteiger partial charge in [0.15, 0.2) is 0 Å². The lowest BCUT2D eigenvalue weighted by Gasteiger charge is -2.12. The fourth-order valence-electron chi connectivity index (χ4n) is 9.15. The molecule has 57 heavy (non-hydrogen) atoms. The minimum absolute atomic E-state index is 1.15. The van der Waals surface area contributed by atoms with Crippen molar-refractivity contribution in [2.45, 2.75) is 0 Å². The van der Waals surface area contributed by atoms with Crippen molar-refractivity contribution in [2.24, 2.45) is 0 Å². The first-order valence-electron chi connectivity index (χ1n) is 19.5. The molecule has 0 amide bonds. The molecule has 2 nitrogen and oxygen atoms in total. The van der Waals surface area contributed by atoms with Crippen molar-refractivity contribution in [3.8, 4) is 44.8 Å². The molecule has 0 saturated carbocycles. The number of para-hydroxylation sites is 2. The summed E-state index contributed by atoms with van der Waals surface area (Å²) in [5, 5.41) is 7.64. The van der Waals surface area contributed by atoms with E-state index >= 15 is 0 Å². The van der Waals surface area contributed by atoms with Gasteiger partial charge in [0.1, 0.15) is 0 Å². The van der Waals surface area contributed by atoms with E-state index in [0.29, 0.717) is 0 Å². The number of aromatic nitrogens is 2.